The van der Waals surface area contributed by atoms with Crippen molar-refractivity contribution in [3.63, 3.8) is 0 Å². The zero-order chi connectivity index (χ0) is 22.3. The van der Waals surface area contributed by atoms with Crippen LogP contribution >= 0.6 is 23.2 Å². The molecule has 1 saturated heterocycles. The molecule has 2 bridgehead atoms. The van der Waals surface area contributed by atoms with Gasteiger partial charge in [-0.2, -0.15) is 0 Å². The van der Waals surface area contributed by atoms with Gasteiger partial charge in [-0.3, -0.25) is 20.7 Å². The number of halogens is 3. The second kappa shape index (κ2) is 8.47. The zero-order valence-corrected chi connectivity index (χ0v) is 18.9. The van der Waals surface area contributed by atoms with Crippen molar-refractivity contribution in [1.82, 2.24) is 21.3 Å². The van der Waals surface area contributed by atoms with Gasteiger partial charge >= 0.3 is 0 Å². The number of hydrogen-bond donors (Lipinski definition) is 4. The molecule has 2 aromatic carbocycles. The van der Waals surface area contributed by atoms with Crippen molar-refractivity contribution in [3.05, 3.63) is 63.9 Å². The molecule has 170 valence electrons. The number of rotatable bonds is 7. The molecule has 2 unspecified atom stereocenters. The summed E-state index contributed by atoms with van der Waals surface area (Å²) >= 11 is 11.7. The normalized spacial score (nSPS) is 30.7. The molecule has 1 amide bonds. The van der Waals surface area contributed by atoms with E-state index in [1.54, 1.807) is 6.07 Å². The van der Waals surface area contributed by atoms with Gasteiger partial charge in [-0.05, 0) is 62.1 Å². The first-order valence-corrected chi connectivity index (χ1v) is 11.5. The van der Waals surface area contributed by atoms with Crippen molar-refractivity contribution < 1.29 is 13.9 Å². The smallest absolute Gasteiger partial charge is 0.258 e. The van der Waals surface area contributed by atoms with Gasteiger partial charge in [0.1, 0.15) is 17.9 Å². The minimum Gasteiger partial charge on any atom is -0.484 e. The monoisotopic (exact) mass is 478 g/mol. The summed E-state index contributed by atoms with van der Waals surface area (Å²) in [6.07, 6.45) is 3.66. The van der Waals surface area contributed by atoms with E-state index in [0.29, 0.717) is 0 Å². The minimum absolute atomic E-state index is 0.0153. The third-order valence-electron chi connectivity index (χ3n) is 6.57. The van der Waals surface area contributed by atoms with E-state index in [2.05, 4.69) is 33.4 Å². The summed E-state index contributed by atoms with van der Waals surface area (Å²) in [6.45, 7) is 0.760. The SMILES string of the molecule is O=C(COc1ccc(Cl)c(F)c1)NC12CC(NC3NCCC(c4ccc(Cl)cc4)N3)(C1)C2. The van der Waals surface area contributed by atoms with E-state index in [1.165, 1.54) is 17.7 Å². The van der Waals surface area contributed by atoms with Crippen molar-refractivity contribution in [2.24, 2.45) is 0 Å². The summed E-state index contributed by atoms with van der Waals surface area (Å²) < 4.78 is 18.9. The van der Waals surface area contributed by atoms with E-state index in [0.717, 1.165) is 37.3 Å². The number of benzene rings is 2. The first-order valence-electron chi connectivity index (χ1n) is 10.8. The Labute approximate surface area is 196 Å². The largest absolute Gasteiger partial charge is 0.484 e. The molecule has 6 rings (SSSR count). The molecule has 0 radical (unpaired) electrons. The second-order valence-electron chi connectivity index (χ2n) is 9.09. The highest BCUT2D eigenvalue weighted by Crippen LogP contribution is 2.60. The van der Waals surface area contributed by atoms with Gasteiger partial charge in [-0.1, -0.05) is 35.3 Å². The van der Waals surface area contributed by atoms with Crippen LogP contribution in [0.5, 0.6) is 5.75 Å². The number of carbonyl (C=O) groups excluding carboxylic acids is 1. The molecule has 3 saturated carbocycles. The van der Waals surface area contributed by atoms with Gasteiger partial charge < -0.3 is 10.1 Å². The fourth-order valence-electron chi connectivity index (χ4n) is 5.19. The van der Waals surface area contributed by atoms with Gasteiger partial charge in [-0.15, -0.1) is 0 Å². The predicted molar refractivity (Wildman–Crippen MR) is 121 cm³/mol. The molecule has 9 heteroatoms. The van der Waals surface area contributed by atoms with Crippen LogP contribution < -0.4 is 26.0 Å². The first kappa shape index (κ1) is 21.9. The van der Waals surface area contributed by atoms with Gasteiger partial charge in [0.15, 0.2) is 6.61 Å². The highest BCUT2D eigenvalue weighted by molar-refractivity contribution is 6.30. The van der Waals surface area contributed by atoms with Gasteiger partial charge in [0, 0.05) is 28.2 Å². The maximum absolute atomic E-state index is 13.5. The van der Waals surface area contributed by atoms with Crippen molar-refractivity contribution >= 4 is 29.1 Å². The van der Waals surface area contributed by atoms with Crippen molar-refractivity contribution in [2.75, 3.05) is 13.2 Å². The third kappa shape index (κ3) is 4.45. The van der Waals surface area contributed by atoms with Crippen LogP contribution in [0.3, 0.4) is 0 Å². The first-order chi connectivity index (χ1) is 15.3. The van der Waals surface area contributed by atoms with Gasteiger partial charge in [0.25, 0.3) is 5.91 Å². The fourth-order valence-corrected chi connectivity index (χ4v) is 5.44. The van der Waals surface area contributed by atoms with Crippen LogP contribution in [0.25, 0.3) is 0 Å². The molecule has 2 atom stereocenters. The molecule has 4 N–H and O–H groups in total. The number of hydrogen-bond acceptors (Lipinski definition) is 5. The topological polar surface area (TPSA) is 74.4 Å². The molecule has 1 aliphatic heterocycles. The Morgan fingerprint density at radius 1 is 1.12 bits per heavy atom. The lowest BCUT2D eigenvalue weighted by molar-refractivity contribution is -0.146. The molecular formula is C23H25Cl2FN4O2. The van der Waals surface area contributed by atoms with E-state index >= 15 is 0 Å². The van der Waals surface area contributed by atoms with Gasteiger partial charge in [0.2, 0.25) is 0 Å². The van der Waals surface area contributed by atoms with E-state index in [4.69, 9.17) is 27.9 Å². The van der Waals surface area contributed by atoms with E-state index in [1.807, 2.05) is 12.1 Å². The van der Waals surface area contributed by atoms with E-state index in [9.17, 15) is 9.18 Å². The lowest BCUT2D eigenvalue weighted by atomic mass is 9.44. The highest BCUT2D eigenvalue weighted by atomic mass is 35.5. The standard InChI is InChI=1S/C23H25Cl2FN4O2/c24-15-3-1-14(2-4-15)19-7-8-27-21(28-19)30-23-11-22(12-23,13-23)29-20(31)10-32-16-5-6-17(25)18(26)9-16/h1-6,9,19,21,27-28,30H,7-8,10-13H2,(H,29,31). The molecule has 4 aliphatic rings. The number of amides is 1. The highest BCUT2D eigenvalue weighted by Gasteiger charge is 2.69. The molecule has 0 aromatic heterocycles. The summed E-state index contributed by atoms with van der Waals surface area (Å²) in [5.41, 5.74) is 1.10. The minimum atomic E-state index is -0.569. The average molecular weight is 479 g/mol. The molecule has 6 nitrogen and oxygen atoms in total. The van der Waals surface area contributed by atoms with Gasteiger partial charge in [-0.25, -0.2) is 4.39 Å². The molecule has 1 heterocycles. The molecule has 0 spiro atoms. The Morgan fingerprint density at radius 2 is 1.88 bits per heavy atom. The summed E-state index contributed by atoms with van der Waals surface area (Å²) in [5.74, 6) is -0.493. The van der Waals surface area contributed by atoms with Crippen LogP contribution in [0, 0.1) is 5.82 Å². The fraction of sp³-hybridized carbons (Fsp3) is 0.435. The summed E-state index contributed by atoms with van der Waals surface area (Å²) in [7, 11) is 0. The molecule has 2 aromatic rings. The number of ether oxygens (including phenoxy) is 1. The van der Waals surface area contributed by atoms with E-state index in [-0.39, 0.29) is 46.7 Å². The molecule has 3 aliphatic carbocycles. The maximum Gasteiger partial charge on any atom is 0.258 e. The zero-order valence-electron chi connectivity index (χ0n) is 17.4. The Morgan fingerprint density at radius 3 is 2.59 bits per heavy atom. The quantitative estimate of drug-likeness (QED) is 0.490. The van der Waals surface area contributed by atoms with Gasteiger partial charge in [0.05, 0.1) is 5.02 Å². The lowest BCUT2D eigenvalue weighted by Crippen LogP contribution is -2.86. The van der Waals surface area contributed by atoms with Crippen LogP contribution in [0.1, 0.15) is 37.3 Å². The summed E-state index contributed by atoms with van der Waals surface area (Å²) in [5, 5.41) is 14.6. The van der Waals surface area contributed by atoms with Crippen LogP contribution in [-0.4, -0.2) is 36.4 Å². The Balaban J connectivity index is 1.07. The maximum atomic E-state index is 13.5. The molecular weight excluding hydrogens is 454 g/mol. The van der Waals surface area contributed by atoms with Crippen LogP contribution in [-0.2, 0) is 4.79 Å². The van der Waals surface area contributed by atoms with Crippen molar-refractivity contribution in [2.45, 2.75) is 49.1 Å². The van der Waals surface area contributed by atoms with Crippen LogP contribution in [0.15, 0.2) is 42.5 Å². The van der Waals surface area contributed by atoms with Crippen molar-refractivity contribution in [3.8, 4) is 5.75 Å². The molecule has 4 fully saturated rings. The molecule has 32 heavy (non-hydrogen) atoms. The lowest BCUT2D eigenvalue weighted by Gasteiger charge is -2.71. The third-order valence-corrected chi connectivity index (χ3v) is 7.13. The average Bonchev–Trinajstić information content (AvgIpc) is 2.73. The summed E-state index contributed by atoms with van der Waals surface area (Å²) in [4.78, 5) is 12.3. The Bertz CT molecular complexity index is 1000. The Kier molecular flexibility index (Phi) is 5.80. The van der Waals surface area contributed by atoms with Crippen LogP contribution in [0.2, 0.25) is 10.0 Å². The summed E-state index contributed by atoms with van der Waals surface area (Å²) in [6, 6.07) is 12.4. The predicted octanol–water partition coefficient (Wildman–Crippen LogP) is 3.50. The van der Waals surface area contributed by atoms with Crippen molar-refractivity contribution in [1.29, 1.82) is 0 Å². The number of nitrogens with one attached hydrogen (secondary N) is 4. The van der Waals surface area contributed by atoms with Crippen LogP contribution in [0.4, 0.5) is 4.39 Å². The Hall–Kier alpha value is -1.90. The number of carbonyl (C=O) groups is 1. The van der Waals surface area contributed by atoms with E-state index < -0.39 is 5.82 Å². The second-order valence-corrected chi connectivity index (χ2v) is 9.94.